The Kier molecular flexibility index (Phi) is 4.39. The van der Waals surface area contributed by atoms with E-state index < -0.39 is 10.8 Å². The number of rotatable bonds is 5. The molecule has 0 radical (unpaired) electrons. The molecule has 0 amide bonds. The fourth-order valence-electron chi connectivity index (χ4n) is 2.13. The quantitative estimate of drug-likeness (QED) is 0.784. The summed E-state index contributed by atoms with van der Waals surface area (Å²) in [7, 11) is -0.833. The van der Waals surface area contributed by atoms with Crippen LogP contribution in [0.1, 0.15) is 0 Å². The lowest BCUT2D eigenvalue weighted by molar-refractivity contribution is 0.687. The van der Waals surface area contributed by atoms with Crippen LogP contribution in [0.2, 0.25) is 0 Å². The summed E-state index contributed by atoms with van der Waals surface area (Å²) < 4.78 is 11.2. The van der Waals surface area contributed by atoms with E-state index in [4.69, 9.17) is 0 Å². The Morgan fingerprint density at radius 2 is 1.91 bits per heavy atom. The van der Waals surface area contributed by atoms with Gasteiger partial charge < -0.3 is 5.32 Å². The van der Waals surface area contributed by atoms with Gasteiger partial charge in [-0.15, -0.1) is 0 Å². The van der Waals surface area contributed by atoms with Crippen LogP contribution < -0.4 is 5.32 Å². The lowest BCUT2D eigenvalue weighted by Crippen LogP contribution is -2.12. The first-order valence-electron chi connectivity index (χ1n) is 6.96. The monoisotopic (exact) mass is 312 g/mol. The number of hydrogen-bond donors (Lipinski definition) is 1. The van der Waals surface area contributed by atoms with Crippen LogP contribution in [-0.4, -0.2) is 37.7 Å². The first-order chi connectivity index (χ1) is 10.7. The third-order valence-corrected chi connectivity index (χ3v) is 3.96. The molecule has 1 aromatic carbocycles. The normalized spacial score (nSPS) is 12.2. The molecule has 2 heterocycles. The highest BCUT2D eigenvalue weighted by atomic mass is 32.2. The van der Waals surface area contributed by atoms with Crippen LogP contribution in [0.5, 0.6) is 0 Å². The van der Waals surface area contributed by atoms with Gasteiger partial charge in [0.05, 0.1) is 5.52 Å². The van der Waals surface area contributed by atoms with E-state index in [1.807, 2.05) is 42.5 Å². The topological polar surface area (TPSA) is 67.8 Å². The Labute approximate surface area is 131 Å². The second-order valence-corrected chi connectivity index (χ2v) is 6.39. The maximum absolute atomic E-state index is 11.2. The number of nitrogens with one attached hydrogen (secondary N) is 1. The van der Waals surface area contributed by atoms with Gasteiger partial charge in [0.25, 0.3) is 0 Å². The largest absolute Gasteiger partial charge is 0.369 e. The zero-order valence-electron chi connectivity index (χ0n) is 12.2. The molecule has 3 rings (SSSR count). The van der Waals surface area contributed by atoms with Gasteiger partial charge in [0.2, 0.25) is 0 Å². The molecule has 3 aromatic rings. The van der Waals surface area contributed by atoms with Crippen LogP contribution in [0.25, 0.3) is 22.4 Å². The molecule has 0 fully saturated rings. The van der Waals surface area contributed by atoms with Crippen LogP contribution in [0.4, 0.5) is 5.82 Å². The Morgan fingerprint density at radius 1 is 1.09 bits per heavy atom. The molecule has 0 spiro atoms. The average molecular weight is 312 g/mol. The third kappa shape index (κ3) is 3.28. The van der Waals surface area contributed by atoms with E-state index in [9.17, 15) is 4.21 Å². The molecule has 2 aromatic heterocycles. The standard InChI is InChI=1S/C16H16N4OS/c1-22(21)11-10-18-15-12-6-2-3-7-13(12)19-16(20-15)14-8-4-5-9-17-14/h2-9H,10-11H2,1H3,(H,18,19,20). The van der Waals surface area contributed by atoms with E-state index >= 15 is 0 Å². The molecule has 0 bridgehead atoms. The van der Waals surface area contributed by atoms with Crippen molar-refractivity contribution in [3.63, 3.8) is 0 Å². The summed E-state index contributed by atoms with van der Waals surface area (Å²) in [5.41, 5.74) is 1.59. The molecule has 22 heavy (non-hydrogen) atoms. The third-order valence-electron chi connectivity index (χ3n) is 3.18. The minimum atomic E-state index is -0.833. The summed E-state index contributed by atoms with van der Waals surface area (Å²) in [5.74, 6) is 1.91. The summed E-state index contributed by atoms with van der Waals surface area (Å²) in [6.45, 7) is 0.603. The number of nitrogens with zero attached hydrogens (tertiary/aromatic N) is 3. The predicted octanol–water partition coefficient (Wildman–Crippen LogP) is 2.48. The van der Waals surface area contributed by atoms with Crippen molar-refractivity contribution in [2.75, 3.05) is 23.9 Å². The van der Waals surface area contributed by atoms with Crippen molar-refractivity contribution in [2.24, 2.45) is 0 Å². The molecule has 5 nitrogen and oxygen atoms in total. The van der Waals surface area contributed by atoms with E-state index in [-0.39, 0.29) is 0 Å². The van der Waals surface area contributed by atoms with E-state index in [0.717, 1.165) is 22.4 Å². The van der Waals surface area contributed by atoms with E-state index in [0.29, 0.717) is 18.1 Å². The number of hydrogen-bond acceptors (Lipinski definition) is 5. The number of benzene rings is 1. The highest BCUT2D eigenvalue weighted by Gasteiger charge is 2.09. The lowest BCUT2D eigenvalue weighted by Gasteiger charge is -2.10. The smallest absolute Gasteiger partial charge is 0.180 e. The van der Waals surface area contributed by atoms with Crippen molar-refractivity contribution in [3.05, 3.63) is 48.7 Å². The molecule has 1 N–H and O–H groups in total. The van der Waals surface area contributed by atoms with Crippen molar-refractivity contribution in [3.8, 4) is 11.5 Å². The summed E-state index contributed by atoms with van der Waals surface area (Å²) in [6, 6.07) is 13.5. The number of aromatic nitrogens is 3. The zero-order valence-corrected chi connectivity index (χ0v) is 13.0. The van der Waals surface area contributed by atoms with Gasteiger partial charge in [0, 0.05) is 40.9 Å². The van der Waals surface area contributed by atoms with E-state index in [1.54, 1.807) is 12.5 Å². The van der Waals surface area contributed by atoms with Gasteiger partial charge in [-0.25, -0.2) is 9.97 Å². The van der Waals surface area contributed by atoms with Gasteiger partial charge in [-0.05, 0) is 24.3 Å². The minimum Gasteiger partial charge on any atom is -0.369 e. The Balaban J connectivity index is 2.02. The Bertz CT molecular complexity index is 808. The summed E-state index contributed by atoms with van der Waals surface area (Å²) >= 11 is 0. The van der Waals surface area contributed by atoms with Crippen LogP contribution in [0.15, 0.2) is 48.7 Å². The molecule has 0 aliphatic heterocycles. The summed E-state index contributed by atoms with van der Waals surface area (Å²) in [5, 5.41) is 4.21. The number of para-hydroxylation sites is 1. The number of anilines is 1. The molecule has 1 unspecified atom stereocenters. The molecule has 0 saturated carbocycles. The lowest BCUT2D eigenvalue weighted by atomic mass is 10.2. The SMILES string of the molecule is CS(=O)CCNc1nc(-c2ccccn2)nc2ccccc12. The maximum Gasteiger partial charge on any atom is 0.180 e. The van der Waals surface area contributed by atoms with Gasteiger partial charge >= 0.3 is 0 Å². The first-order valence-corrected chi connectivity index (χ1v) is 8.69. The van der Waals surface area contributed by atoms with Crippen molar-refractivity contribution >= 4 is 27.5 Å². The molecule has 0 aliphatic carbocycles. The van der Waals surface area contributed by atoms with Crippen molar-refractivity contribution in [1.29, 1.82) is 0 Å². The van der Waals surface area contributed by atoms with Gasteiger partial charge in [-0.2, -0.15) is 0 Å². The predicted molar refractivity (Wildman–Crippen MR) is 90.2 cm³/mol. The van der Waals surface area contributed by atoms with Crippen molar-refractivity contribution in [1.82, 2.24) is 15.0 Å². The number of pyridine rings is 1. The molecule has 112 valence electrons. The second-order valence-electron chi connectivity index (χ2n) is 4.83. The molecule has 0 saturated heterocycles. The zero-order chi connectivity index (χ0) is 15.4. The van der Waals surface area contributed by atoms with Crippen molar-refractivity contribution in [2.45, 2.75) is 0 Å². The van der Waals surface area contributed by atoms with Crippen LogP contribution in [0, 0.1) is 0 Å². The van der Waals surface area contributed by atoms with Crippen LogP contribution in [0.3, 0.4) is 0 Å². The molecular weight excluding hydrogens is 296 g/mol. The fraction of sp³-hybridized carbons (Fsp3) is 0.188. The van der Waals surface area contributed by atoms with E-state index in [1.165, 1.54) is 0 Å². The van der Waals surface area contributed by atoms with Crippen LogP contribution in [-0.2, 0) is 10.8 Å². The molecule has 6 heteroatoms. The highest BCUT2D eigenvalue weighted by molar-refractivity contribution is 7.84. The van der Waals surface area contributed by atoms with Crippen molar-refractivity contribution < 1.29 is 4.21 Å². The summed E-state index contributed by atoms with van der Waals surface area (Å²) in [4.78, 5) is 13.5. The minimum absolute atomic E-state index is 0.581. The van der Waals surface area contributed by atoms with Crippen LogP contribution >= 0.6 is 0 Å². The second kappa shape index (κ2) is 6.62. The average Bonchev–Trinajstić information content (AvgIpc) is 2.55. The fourth-order valence-corrected chi connectivity index (χ4v) is 2.52. The van der Waals surface area contributed by atoms with Gasteiger partial charge in [0.15, 0.2) is 5.82 Å². The summed E-state index contributed by atoms with van der Waals surface area (Å²) in [6.07, 6.45) is 3.42. The highest BCUT2D eigenvalue weighted by Crippen LogP contribution is 2.23. The molecule has 0 aliphatic rings. The van der Waals surface area contributed by atoms with Gasteiger partial charge in [-0.1, -0.05) is 18.2 Å². The first kappa shape index (κ1) is 14.6. The Morgan fingerprint density at radius 3 is 2.68 bits per heavy atom. The van der Waals surface area contributed by atoms with Gasteiger partial charge in [0.1, 0.15) is 11.5 Å². The van der Waals surface area contributed by atoms with Gasteiger partial charge in [-0.3, -0.25) is 9.19 Å². The Hall–Kier alpha value is -2.34. The number of fused-ring (bicyclic) bond motifs is 1. The molecule has 1 atom stereocenters. The van der Waals surface area contributed by atoms with E-state index in [2.05, 4.69) is 20.3 Å². The molecular formula is C16H16N4OS. The maximum atomic E-state index is 11.2.